The number of nitrogen functional groups attached to an aromatic ring is 1. The summed E-state index contributed by atoms with van der Waals surface area (Å²) in [5.74, 6) is -0.129. The lowest BCUT2D eigenvalue weighted by Crippen LogP contribution is -2.22. The van der Waals surface area contributed by atoms with E-state index in [1.54, 1.807) is 12.1 Å². The number of carbonyl (C=O) groups is 1. The maximum Gasteiger partial charge on any atom is 0.316 e. The van der Waals surface area contributed by atoms with Gasteiger partial charge in [0.05, 0.1) is 5.69 Å². The van der Waals surface area contributed by atoms with Gasteiger partial charge in [0.25, 0.3) is 0 Å². The predicted molar refractivity (Wildman–Crippen MR) is 93.6 cm³/mol. The highest BCUT2D eigenvalue weighted by atomic mass is 16.2. The molecule has 3 aromatic rings. The second kappa shape index (κ2) is 5.81. The second-order valence-corrected chi connectivity index (χ2v) is 5.19. The summed E-state index contributed by atoms with van der Waals surface area (Å²) in [4.78, 5) is 11.1. The van der Waals surface area contributed by atoms with Crippen LogP contribution in [0.25, 0.3) is 21.9 Å². The van der Waals surface area contributed by atoms with Crippen LogP contribution in [0, 0.1) is 5.41 Å². The topological polar surface area (TPSA) is 105 Å². The molecule has 5 heteroatoms. The number of anilines is 1. The van der Waals surface area contributed by atoms with Gasteiger partial charge in [0.1, 0.15) is 5.84 Å². The zero-order valence-corrected chi connectivity index (χ0v) is 12.3. The Morgan fingerprint density at radius 1 is 0.957 bits per heavy atom. The molecular weight excluding hydrogens is 288 g/mol. The number of amidine groups is 1. The van der Waals surface area contributed by atoms with Crippen molar-refractivity contribution in [1.29, 1.82) is 5.41 Å². The van der Waals surface area contributed by atoms with Crippen LogP contribution in [0.5, 0.6) is 0 Å². The van der Waals surface area contributed by atoms with Crippen LogP contribution in [-0.2, 0) is 0 Å². The molecule has 5 nitrogen and oxygen atoms in total. The van der Waals surface area contributed by atoms with E-state index in [2.05, 4.69) is 5.32 Å². The molecule has 3 aromatic carbocycles. The average molecular weight is 304 g/mol. The maximum atomic E-state index is 11.1. The lowest BCUT2D eigenvalue weighted by atomic mass is 9.96. The maximum absolute atomic E-state index is 11.1. The van der Waals surface area contributed by atoms with Gasteiger partial charge in [-0.15, -0.1) is 0 Å². The third kappa shape index (κ3) is 2.85. The van der Waals surface area contributed by atoms with Crippen molar-refractivity contribution in [2.75, 3.05) is 5.32 Å². The molecule has 0 spiro atoms. The van der Waals surface area contributed by atoms with Gasteiger partial charge in [-0.2, -0.15) is 0 Å². The quantitative estimate of drug-likeness (QED) is 0.440. The Kier molecular flexibility index (Phi) is 3.68. The van der Waals surface area contributed by atoms with Crippen LogP contribution < -0.4 is 16.8 Å². The third-order valence-electron chi connectivity index (χ3n) is 3.67. The van der Waals surface area contributed by atoms with Crippen LogP contribution in [0.2, 0.25) is 0 Å². The number of carbonyl (C=O) groups excluding carboxylic acids is 1. The van der Waals surface area contributed by atoms with Crippen molar-refractivity contribution in [3.05, 3.63) is 66.2 Å². The van der Waals surface area contributed by atoms with Gasteiger partial charge < -0.3 is 16.8 Å². The molecule has 0 aliphatic carbocycles. The van der Waals surface area contributed by atoms with E-state index in [1.165, 1.54) is 0 Å². The van der Waals surface area contributed by atoms with Crippen molar-refractivity contribution in [3.8, 4) is 11.1 Å². The molecule has 0 heterocycles. The van der Waals surface area contributed by atoms with Gasteiger partial charge in [-0.1, -0.05) is 48.5 Å². The number of nitrogens with one attached hydrogen (secondary N) is 2. The predicted octanol–water partition coefficient (Wildman–Crippen LogP) is 3.28. The smallest absolute Gasteiger partial charge is 0.316 e. The molecule has 6 N–H and O–H groups in total. The fourth-order valence-corrected chi connectivity index (χ4v) is 2.65. The summed E-state index contributed by atoms with van der Waals surface area (Å²) in [6.07, 6.45) is 0. The minimum absolute atomic E-state index is 0.129. The summed E-state index contributed by atoms with van der Waals surface area (Å²) in [6.45, 7) is 0. The number of hydrogen-bond acceptors (Lipinski definition) is 2. The van der Waals surface area contributed by atoms with Gasteiger partial charge in [0.2, 0.25) is 0 Å². The highest BCUT2D eigenvalue weighted by Crippen LogP contribution is 2.31. The van der Waals surface area contributed by atoms with Crippen LogP contribution in [0.1, 0.15) is 5.56 Å². The Labute approximate surface area is 133 Å². The molecule has 0 aromatic heterocycles. The zero-order chi connectivity index (χ0) is 16.4. The minimum atomic E-state index is -0.689. The molecule has 2 amide bonds. The summed E-state index contributed by atoms with van der Waals surface area (Å²) in [6, 6.07) is 18.8. The van der Waals surface area contributed by atoms with E-state index in [9.17, 15) is 4.79 Å². The monoisotopic (exact) mass is 304 g/mol. The van der Waals surface area contributed by atoms with E-state index in [0.29, 0.717) is 11.3 Å². The molecular formula is C18H16N4O. The zero-order valence-electron chi connectivity index (χ0n) is 12.3. The van der Waals surface area contributed by atoms with Crippen LogP contribution in [0.4, 0.5) is 10.5 Å². The molecule has 23 heavy (non-hydrogen) atoms. The number of urea groups is 1. The van der Waals surface area contributed by atoms with Gasteiger partial charge >= 0.3 is 6.03 Å². The van der Waals surface area contributed by atoms with E-state index in [0.717, 1.165) is 21.9 Å². The SMILES string of the molecule is N=C(N)c1cc(-c2cccc3ccccc23)ccc1NC(N)=O. The summed E-state index contributed by atoms with van der Waals surface area (Å²) in [5, 5.41) is 12.5. The van der Waals surface area contributed by atoms with Crippen LogP contribution in [0.15, 0.2) is 60.7 Å². The first-order chi connectivity index (χ1) is 11.1. The van der Waals surface area contributed by atoms with Gasteiger partial charge in [0.15, 0.2) is 0 Å². The standard InChI is InChI=1S/C18H16N4O/c19-17(20)15-10-12(8-9-16(15)22-18(21)23)14-7-3-5-11-4-1-2-6-13(11)14/h1-10H,(H3,19,20)(H3,21,22,23). The van der Waals surface area contributed by atoms with E-state index in [1.807, 2.05) is 48.5 Å². The fraction of sp³-hybridized carbons (Fsp3) is 0. The molecule has 0 saturated heterocycles. The lowest BCUT2D eigenvalue weighted by molar-refractivity contribution is 0.259. The van der Waals surface area contributed by atoms with Crippen molar-refractivity contribution >= 4 is 28.3 Å². The van der Waals surface area contributed by atoms with Crippen molar-refractivity contribution in [2.24, 2.45) is 11.5 Å². The van der Waals surface area contributed by atoms with E-state index in [4.69, 9.17) is 16.9 Å². The van der Waals surface area contributed by atoms with Gasteiger partial charge in [-0.05, 0) is 34.0 Å². The molecule has 0 aliphatic heterocycles. The minimum Gasteiger partial charge on any atom is -0.384 e. The third-order valence-corrected chi connectivity index (χ3v) is 3.67. The highest BCUT2D eigenvalue weighted by molar-refractivity contribution is 6.06. The Morgan fingerprint density at radius 3 is 2.43 bits per heavy atom. The summed E-state index contributed by atoms with van der Waals surface area (Å²) < 4.78 is 0. The Bertz CT molecular complexity index is 913. The lowest BCUT2D eigenvalue weighted by Gasteiger charge is -2.12. The number of primary amides is 1. The first-order valence-corrected chi connectivity index (χ1v) is 7.09. The fourth-order valence-electron chi connectivity index (χ4n) is 2.65. The molecule has 0 unspecified atom stereocenters. The van der Waals surface area contributed by atoms with Gasteiger partial charge in [0, 0.05) is 5.56 Å². The summed E-state index contributed by atoms with van der Waals surface area (Å²) in [7, 11) is 0. The molecule has 0 radical (unpaired) electrons. The van der Waals surface area contributed by atoms with Crippen molar-refractivity contribution in [2.45, 2.75) is 0 Å². The van der Waals surface area contributed by atoms with Crippen LogP contribution in [0.3, 0.4) is 0 Å². The largest absolute Gasteiger partial charge is 0.384 e. The first-order valence-electron chi connectivity index (χ1n) is 7.09. The molecule has 0 atom stereocenters. The van der Waals surface area contributed by atoms with Crippen molar-refractivity contribution in [1.82, 2.24) is 0 Å². The first kappa shape index (κ1) is 14.6. The van der Waals surface area contributed by atoms with Gasteiger partial charge in [-0.3, -0.25) is 5.41 Å². The molecule has 114 valence electrons. The Hall–Kier alpha value is -3.34. The van der Waals surface area contributed by atoms with Crippen molar-refractivity contribution < 1.29 is 4.79 Å². The van der Waals surface area contributed by atoms with E-state index >= 15 is 0 Å². The number of fused-ring (bicyclic) bond motifs is 1. The van der Waals surface area contributed by atoms with Crippen LogP contribution >= 0.6 is 0 Å². The molecule has 0 bridgehead atoms. The van der Waals surface area contributed by atoms with E-state index < -0.39 is 6.03 Å². The molecule has 0 aliphatic rings. The number of nitrogens with two attached hydrogens (primary N) is 2. The van der Waals surface area contributed by atoms with Crippen molar-refractivity contribution in [3.63, 3.8) is 0 Å². The number of rotatable bonds is 3. The average Bonchev–Trinajstić information content (AvgIpc) is 2.54. The number of hydrogen-bond donors (Lipinski definition) is 4. The number of amides is 2. The molecule has 3 rings (SSSR count). The highest BCUT2D eigenvalue weighted by Gasteiger charge is 2.11. The second-order valence-electron chi connectivity index (χ2n) is 5.19. The Balaban J connectivity index is 2.18. The number of benzene rings is 3. The van der Waals surface area contributed by atoms with E-state index in [-0.39, 0.29) is 5.84 Å². The van der Waals surface area contributed by atoms with Crippen LogP contribution in [-0.4, -0.2) is 11.9 Å². The summed E-state index contributed by atoms with van der Waals surface area (Å²) >= 11 is 0. The molecule has 0 saturated carbocycles. The van der Waals surface area contributed by atoms with Gasteiger partial charge in [-0.25, -0.2) is 4.79 Å². The molecule has 0 fully saturated rings. The Morgan fingerprint density at radius 2 is 1.70 bits per heavy atom. The normalized spacial score (nSPS) is 10.4. The summed E-state index contributed by atoms with van der Waals surface area (Å²) in [5.41, 5.74) is 13.6.